The van der Waals surface area contributed by atoms with Gasteiger partial charge in [-0.05, 0) is 39.7 Å². The third-order valence-corrected chi connectivity index (χ3v) is 3.68. The minimum Gasteiger partial charge on any atom is -0.380 e. The highest BCUT2D eigenvalue weighted by Gasteiger charge is 2.08. The van der Waals surface area contributed by atoms with Crippen LogP contribution in [0.4, 0.5) is 11.4 Å². The summed E-state index contributed by atoms with van der Waals surface area (Å²) < 4.78 is 1.70. The summed E-state index contributed by atoms with van der Waals surface area (Å²) in [7, 11) is 0. The number of benzene rings is 2. The van der Waals surface area contributed by atoms with E-state index in [2.05, 4.69) is 37.2 Å². The molecule has 4 nitrogen and oxygen atoms in total. The summed E-state index contributed by atoms with van der Waals surface area (Å²) in [4.78, 5) is 10.2. The van der Waals surface area contributed by atoms with Crippen LogP contribution in [0.3, 0.4) is 0 Å². The maximum Gasteiger partial charge on any atom is 0.270 e. The van der Waals surface area contributed by atoms with Crippen LogP contribution in [0.2, 0.25) is 0 Å². The van der Waals surface area contributed by atoms with Gasteiger partial charge in [0.15, 0.2) is 0 Å². The average Bonchev–Trinajstić information content (AvgIpc) is 2.37. The van der Waals surface area contributed by atoms with Gasteiger partial charge in [-0.1, -0.05) is 28.1 Å². The van der Waals surface area contributed by atoms with Crippen LogP contribution in [0.15, 0.2) is 51.4 Å². The highest BCUT2D eigenvalue weighted by molar-refractivity contribution is 9.10. The Morgan fingerprint density at radius 1 is 1.16 bits per heavy atom. The van der Waals surface area contributed by atoms with E-state index in [9.17, 15) is 10.1 Å². The molecule has 1 N–H and O–H groups in total. The molecule has 0 spiro atoms. The number of nitrogens with one attached hydrogen (secondary N) is 1. The van der Waals surface area contributed by atoms with E-state index < -0.39 is 4.92 Å². The maximum atomic E-state index is 10.6. The summed E-state index contributed by atoms with van der Waals surface area (Å²) in [6.45, 7) is 0.649. The van der Waals surface area contributed by atoms with E-state index >= 15 is 0 Å². The summed E-state index contributed by atoms with van der Waals surface area (Å²) >= 11 is 6.74. The van der Waals surface area contributed by atoms with E-state index in [0.717, 1.165) is 15.7 Å². The molecule has 0 amide bonds. The SMILES string of the molecule is O=[N+]([O-])c1ccc(NCc2cccc(Br)c2)c(Br)c1. The Bertz CT molecular complexity index is 617. The van der Waals surface area contributed by atoms with Crippen LogP contribution in [0, 0.1) is 10.1 Å². The Balaban J connectivity index is 2.10. The quantitative estimate of drug-likeness (QED) is 0.611. The van der Waals surface area contributed by atoms with Crippen molar-refractivity contribution < 1.29 is 4.92 Å². The van der Waals surface area contributed by atoms with E-state index in [1.165, 1.54) is 12.1 Å². The van der Waals surface area contributed by atoms with Crippen LogP contribution < -0.4 is 5.32 Å². The average molecular weight is 386 g/mol. The molecule has 19 heavy (non-hydrogen) atoms. The first-order valence-electron chi connectivity index (χ1n) is 5.48. The molecule has 6 heteroatoms. The maximum absolute atomic E-state index is 10.6. The van der Waals surface area contributed by atoms with Gasteiger partial charge in [-0.2, -0.15) is 0 Å². The number of hydrogen-bond donors (Lipinski definition) is 1. The molecule has 2 aromatic carbocycles. The predicted molar refractivity (Wildman–Crippen MR) is 82.3 cm³/mol. The molecular weight excluding hydrogens is 376 g/mol. The molecule has 0 unspecified atom stereocenters. The molecule has 0 bridgehead atoms. The molecule has 0 aliphatic heterocycles. The molecule has 0 atom stereocenters. The zero-order chi connectivity index (χ0) is 13.8. The number of hydrogen-bond acceptors (Lipinski definition) is 3. The second-order valence-electron chi connectivity index (χ2n) is 3.90. The van der Waals surface area contributed by atoms with Crippen LogP contribution in [0.1, 0.15) is 5.56 Å². The van der Waals surface area contributed by atoms with Crippen molar-refractivity contribution in [1.82, 2.24) is 0 Å². The molecule has 2 aromatic rings. The summed E-state index contributed by atoms with van der Waals surface area (Å²) in [6, 6.07) is 12.6. The number of rotatable bonds is 4. The lowest BCUT2D eigenvalue weighted by atomic mass is 10.2. The van der Waals surface area contributed by atoms with Gasteiger partial charge in [0.1, 0.15) is 0 Å². The first-order chi connectivity index (χ1) is 9.06. The lowest BCUT2D eigenvalue weighted by molar-refractivity contribution is -0.384. The van der Waals surface area contributed by atoms with Gasteiger partial charge in [0.05, 0.1) is 4.92 Å². The first kappa shape index (κ1) is 14.0. The fourth-order valence-corrected chi connectivity index (χ4v) is 2.56. The van der Waals surface area contributed by atoms with E-state index in [-0.39, 0.29) is 5.69 Å². The smallest absolute Gasteiger partial charge is 0.270 e. The number of nitro benzene ring substituents is 1. The molecule has 0 heterocycles. The number of nitro groups is 1. The van der Waals surface area contributed by atoms with Gasteiger partial charge in [-0.3, -0.25) is 10.1 Å². The van der Waals surface area contributed by atoms with Gasteiger partial charge < -0.3 is 5.32 Å². The van der Waals surface area contributed by atoms with Crippen molar-refractivity contribution in [2.45, 2.75) is 6.54 Å². The molecular formula is C13H10Br2N2O2. The highest BCUT2D eigenvalue weighted by Crippen LogP contribution is 2.27. The number of anilines is 1. The number of non-ortho nitro benzene ring substituents is 1. The van der Waals surface area contributed by atoms with Crippen LogP contribution in [-0.2, 0) is 6.54 Å². The Hall–Kier alpha value is -1.40. The summed E-state index contributed by atoms with van der Waals surface area (Å²) in [5, 5.41) is 13.9. The third kappa shape index (κ3) is 3.78. The predicted octanol–water partition coefficient (Wildman–Crippen LogP) is 4.73. The Kier molecular flexibility index (Phi) is 4.55. The van der Waals surface area contributed by atoms with Crippen molar-refractivity contribution in [3.05, 3.63) is 67.1 Å². The molecule has 0 aliphatic carbocycles. The number of nitrogens with zero attached hydrogens (tertiary/aromatic N) is 1. The fourth-order valence-electron chi connectivity index (χ4n) is 1.61. The standard InChI is InChI=1S/C13H10Br2N2O2/c14-10-3-1-2-9(6-10)8-16-13-5-4-11(17(18)19)7-12(13)15/h1-7,16H,8H2. The van der Waals surface area contributed by atoms with Gasteiger partial charge in [-0.15, -0.1) is 0 Å². The van der Waals surface area contributed by atoms with E-state index in [4.69, 9.17) is 0 Å². The summed E-state index contributed by atoms with van der Waals surface area (Å²) in [5.41, 5.74) is 2.02. The molecule has 0 saturated carbocycles. The zero-order valence-corrected chi connectivity index (χ0v) is 12.9. The van der Waals surface area contributed by atoms with Gasteiger partial charge in [0.2, 0.25) is 0 Å². The van der Waals surface area contributed by atoms with Crippen LogP contribution in [0.5, 0.6) is 0 Å². The normalized spacial score (nSPS) is 10.2. The van der Waals surface area contributed by atoms with Crippen LogP contribution in [0.25, 0.3) is 0 Å². The molecule has 0 fully saturated rings. The molecule has 0 aliphatic rings. The van der Waals surface area contributed by atoms with Gasteiger partial charge in [-0.25, -0.2) is 0 Å². The monoisotopic (exact) mass is 384 g/mol. The third-order valence-electron chi connectivity index (χ3n) is 2.54. The molecule has 0 saturated heterocycles. The van der Waals surface area contributed by atoms with Crippen molar-refractivity contribution in [2.24, 2.45) is 0 Å². The van der Waals surface area contributed by atoms with Crippen LogP contribution >= 0.6 is 31.9 Å². The van der Waals surface area contributed by atoms with E-state index in [1.807, 2.05) is 24.3 Å². The Morgan fingerprint density at radius 3 is 2.58 bits per heavy atom. The second-order valence-corrected chi connectivity index (χ2v) is 5.67. The van der Waals surface area contributed by atoms with E-state index in [1.54, 1.807) is 6.07 Å². The molecule has 98 valence electrons. The first-order valence-corrected chi connectivity index (χ1v) is 7.07. The van der Waals surface area contributed by atoms with E-state index in [0.29, 0.717) is 11.0 Å². The van der Waals surface area contributed by atoms with Crippen molar-refractivity contribution in [2.75, 3.05) is 5.32 Å². The van der Waals surface area contributed by atoms with Gasteiger partial charge in [0.25, 0.3) is 5.69 Å². The molecule has 2 rings (SSSR count). The minimum absolute atomic E-state index is 0.0693. The highest BCUT2D eigenvalue weighted by atomic mass is 79.9. The summed E-state index contributed by atoms with van der Waals surface area (Å²) in [6.07, 6.45) is 0. The number of halogens is 2. The van der Waals surface area contributed by atoms with Crippen molar-refractivity contribution >= 4 is 43.2 Å². The van der Waals surface area contributed by atoms with Gasteiger partial charge in [0, 0.05) is 33.3 Å². The molecule has 0 aromatic heterocycles. The van der Waals surface area contributed by atoms with Gasteiger partial charge >= 0.3 is 0 Å². The summed E-state index contributed by atoms with van der Waals surface area (Å²) in [5.74, 6) is 0. The topological polar surface area (TPSA) is 55.2 Å². The minimum atomic E-state index is -0.414. The second kappa shape index (κ2) is 6.16. The largest absolute Gasteiger partial charge is 0.380 e. The van der Waals surface area contributed by atoms with Crippen molar-refractivity contribution in [1.29, 1.82) is 0 Å². The lowest BCUT2D eigenvalue weighted by Crippen LogP contribution is -2.00. The van der Waals surface area contributed by atoms with Crippen molar-refractivity contribution in [3.8, 4) is 0 Å². The lowest BCUT2D eigenvalue weighted by Gasteiger charge is -2.08. The van der Waals surface area contributed by atoms with Crippen molar-refractivity contribution in [3.63, 3.8) is 0 Å². The fraction of sp³-hybridized carbons (Fsp3) is 0.0769. The molecule has 0 radical (unpaired) electrons. The Morgan fingerprint density at radius 2 is 1.95 bits per heavy atom. The zero-order valence-electron chi connectivity index (χ0n) is 9.77. The van der Waals surface area contributed by atoms with Crippen LogP contribution in [-0.4, -0.2) is 4.92 Å². The Labute approximate surface area is 127 Å².